The fourth-order valence-electron chi connectivity index (χ4n) is 1.56. The standard InChI is InChI=1S/C12H15NO6S/c1-2-19-12(14)11(13(15)16)8-9-20(17,18)10-6-4-3-5-7-10/h3-7,11H,2,8-9H2,1H3/t11-/m1/s1. The Balaban J connectivity index is 2.78. The van der Waals surface area contributed by atoms with E-state index in [-0.39, 0.29) is 11.5 Å². The van der Waals surface area contributed by atoms with E-state index in [1.165, 1.54) is 19.1 Å². The van der Waals surface area contributed by atoms with Gasteiger partial charge in [-0.1, -0.05) is 18.2 Å². The van der Waals surface area contributed by atoms with E-state index in [1.807, 2.05) is 0 Å². The maximum atomic E-state index is 12.0. The fourth-order valence-corrected chi connectivity index (χ4v) is 2.90. The molecule has 8 heteroatoms. The van der Waals surface area contributed by atoms with Gasteiger partial charge in [0.15, 0.2) is 9.84 Å². The number of hydrogen-bond donors (Lipinski definition) is 0. The molecule has 0 fully saturated rings. The average Bonchev–Trinajstić information content (AvgIpc) is 2.39. The molecule has 1 atom stereocenters. The highest BCUT2D eigenvalue weighted by atomic mass is 32.2. The van der Waals surface area contributed by atoms with Gasteiger partial charge < -0.3 is 4.74 Å². The Morgan fingerprint density at radius 3 is 2.45 bits per heavy atom. The van der Waals surface area contributed by atoms with E-state index >= 15 is 0 Å². The summed E-state index contributed by atoms with van der Waals surface area (Å²) in [6.45, 7) is 1.53. The third-order valence-electron chi connectivity index (χ3n) is 2.58. The van der Waals surface area contributed by atoms with Gasteiger partial charge in [0.1, 0.15) is 0 Å². The van der Waals surface area contributed by atoms with E-state index < -0.39 is 38.9 Å². The van der Waals surface area contributed by atoms with Crippen LogP contribution in [0, 0.1) is 10.1 Å². The zero-order valence-corrected chi connectivity index (χ0v) is 11.7. The predicted molar refractivity (Wildman–Crippen MR) is 70.5 cm³/mol. The summed E-state index contributed by atoms with van der Waals surface area (Å²) in [5.41, 5.74) is 0. The van der Waals surface area contributed by atoms with Gasteiger partial charge in [-0.05, 0) is 19.1 Å². The Hall–Kier alpha value is -1.96. The van der Waals surface area contributed by atoms with Gasteiger partial charge in [-0.2, -0.15) is 0 Å². The zero-order valence-electron chi connectivity index (χ0n) is 10.9. The summed E-state index contributed by atoms with van der Waals surface area (Å²) < 4.78 is 28.5. The predicted octanol–water partition coefficient (Wildman–Crippen LogP) is 1.06. The minimum absolute atomic E-state index is 0.00854. The maximum Gasteiger partial charge on any atom is 0.381 e. The highest BCUT2D eigenvalue weighted by Crippen LogP contribution is 2.13. The van der Waals surface area contributed by atoms with Gasteiger partial charge >= 0.3 is 12.0 Å². The third kappa shape index (κ3) is 4.30. The first kappa shape index (κ1) is 16.1. The monoisotopic (exact) mass is 301 g/mol. The number of rotatable bonds is 7. The van der Waals surface area contributed by atoms with E-state index in [0.29, 0.717) is 0 Å². The lowest BCUT2D eigenvalue weighted by Crippen LogP contribution is -2.33. The first-order valence-corrected chi connectivity index (χ1v) is 7.61. The molecule has 0 spiro atoms. The van der Waals surface area contributed by atoms with Crippen LogP contribution in [0.25, 0.3) is 0 Å². The van der Waals surface area contributed by atoms with Crippen LogP contribution in [0.1, 0.15) is 13.3 Å². The van der Waals surface area contributed by atoms with Crippen molar-refractivity contribution >= 4 is 15.8 Å². The molecule has 0 heterocycles. The fraction of sp³-hybridized carbons (Fsp3) is 0.417. The molecular formula is C12H15NO6S. The zero-order chi connectivity index (χ0) is 15.2. The van der Waals surface area contributed by atoms with Gasteiger partial charge in [-0.15, -0.1) is 0 Å². The van der Waals surface area contributed by atoms with Crippen LogP contribution in [-0.4, -0.2) is 37.7 Å². The second kappa shape index (κ2) is 6.99. The molecule has 1 rings (SSSR count). The molecule has 0 bridgehead atoms. The van der Waals surface area contributed by atoms with E-state index in [0.717, 1.165) is 0 Å². The van der Waals surface area contributed by atoms with Crippen molar-refractivity contribution in [1.82, 2.24) is 0 Å². The van der Waals surface area contributed by atoms with Crippen molar-refractivity contribution < 1.29 is 22.9 Å². The number of hydrogen-bond acceptors (Lipinski definition) is 6. The number of carbonyl (C=O) groups excluding carboxylic acids is 1. The van der Waals surface area contributed by atoms with Gasteiger partial charge in [0.05, 0.1) is 17.3 Å². The van der Waals surface area contributed by atoms with Crippen molar-refractivity contribution in [2.75, 3.05) is 12.4 Å². The van der Waals surface area contributed by atoms with Crippen molar-refractivity contribution in [3.8, 4) is 0 Å². The molecule has 0 N–H and O–H groups in total. The van der Waals surface area contributed by atoms with Crippen LogP contribution in [0.3, 0.4) is 0 Å². The number of nitrogens with zero attached hydrogens (tertiary/aromatic N) is 1. The van der Waals surface area contributed by atoms with Crippen molar-refractivity contribution in [3.05, 3.63) is 40.4 Å². The molecule has 20 heavy (non-hydrogen) atoms. The summed E-state index contributed by atoms with van der Waals surface area (Å²) in [5.74, 6) is -1.50. The third-order valence-corrected chi connectivity index (χ3v) is 4.34. The molecule has 1 aromatic carbocycles. The Kier molecular flexibility index (Phi) is 5.63. The molecule has 7 nitrogen and oxygen atoms in total. The second-order valence-electron chi connectivity index (χ2n) is 3.97. The van der Waals surface area contributed by atoms with E-state index in [1.54, 1.807) is 18.2 Å². The van der Waals surface area contributed by atoms with Crippen molar-refractivity contribution in [3.63, 3.8) is 0 Å². The van der Waals surface area contributed by atoms with Gasteiger partial charge in [-0.3, -0.25) is 10.1 Å². The largest absolute Gasteiger partial charge is 0.461 e. The molecule has 110 valence electrons. The van der Waals surface area contributed by atoms with Crippen LogP contribution in [0.5, 0.6) is 0 Å². The minimum Gasteiger partial charge on any atom is -0.461 e. The Morgan fingerprint density at radius 2 is 1.95 bits per heavy atom. The quantitative estimate of drug-likeness (QED) is 0.424. The number of sulfone groups is 1. The van der Waals surface area contributed by atoms with E-state index in [4.69, 9.17) is 0 Å². The normalized spacial score (nSPS) is 12.7. The lowest BCUT2D eigenvalue weighted by atomic mass is 10.2. The lowest BCUT2D eigenvalue weighted by Gasteiger charge is -2.09. The van der Waals surface area contributed by atoms with Crippen LogP contribution in [0.4, 0.5) is 0 Å². The van der Waals surface area contributed by atoms with Crippen LogP contribution in [-0.2, 0) is 19.4 Å². The Morgan fingerprint density at radius 1 is 1.35 bits per heavy atom. The lowest BCUT2D eigenvalue weighted by molar-refractivity contribution is -0.510. The van der Waals surface area contributed by atoms with E-state index in [9.17, 15) is 23.3 Å². The summed E-state index contributed by atoms with van der Waals surface area (Å²) in [4.78, 5) is 21.4. The van der Waals surface area contributed by atoms with Crippen molar-refractivity contribution in [1.29, 1.82) is 0 Å². The topological polar surface area (TPSA) is 104 Å². The number of benzene rings is 1. The molecule has 0 aromatic heterocycles. The Labute approximate surface area is 116 Å². The second-order valence-corrected chi connectivity index (χ2v) is 6.08. The summed E-state index contributed by atoms with van der Waals surface area (Å²) >= 11 is 0. The molecule has 0 unspecified atom stereocenters. The summed E-state index contributed by atoms with van der Waals surface area (Å²) in [5, 5.41) is 10.8. The first-order valence-electron chi connectivity index (χ1n) is 5.96. The van der Waals surface area contributed by atoms with Gasteiger partial charge in [-0.25, -0.2) is 13.2 Å². The molecule has 0 amide bonds. The highest BCUT2D eigenvalue weighted by molar-refractivity contribution is 7.91. The summed E-state index contributed by atoms with van der Waals surface area (Å²) in [6, 6.07) is 5.93. The number of carbonyl (C=O) groups is 1. The van der Waals surface area contributed by atoms with Gasteiger partial charge in [0.25, 0.3) is 0 Å². The average molecular weight is 301 g/mol. The molecular weight excluding hydrogens is 286 g/mol. The molecule has 1 aromatic rings. The van der Waals surface area contributed by atoms with Crippen LogP contribution < -0.4 is 0 Å². The Bertz CT molecular complexity index is 569. The minimum atomic E-state index is -3.65. The smallest absolute Gasteiger partial charge is 0.381 e. The van der Waals surface area contributed by atoms with Crippen LogP contribution >= 0.6 is 0 Å². The molecule has 0 saturated carbocycles. The van der Waals surface area contributed by atoms with Crippen LogP contribution in [0.2, 0.25) is 0 Å². The maximum absolute atomic E-state index is 12.0. The molecule has 0 aliphatic heterocycles. The van der Waals surface area contributed by atoms with Gasteiger partial charge in [0.2, 0.25) is 0 Å². The highest BCUT2D eigenvalue weighted by Gasteiger charge is 2.33. The molecule has 0 radical (unpaired) electrons. The SMILES string of the molecule is CCOC(=O)[C@@H](CCS(=O)(=O)c1ccccc1)[N+](=O)[O-]. The number of nitro groups is 1. The molecule has 0 aliphatic rings. The summed E-state index contributed by atoms with van der Waals surface area (Å²) in [7, 11) is -3.65. The number of esters is 1. The van der Waals surface area contributed by atoms with Crippen molar-refractivity contribution in [2.45, 2.75) is 24.3 Å². The molecule has 0 aliphatic carbocycles. The summed E-state index contributed by atoms with van der Waals surface area (Å²) in [6.07, 6.45) is -0.414. The van der Waals surface area contributed by atoms with Gasteiger partial charge in [0, 0.05) is 11.3 Å². The number of ether oxygens (including phenoxy) is 1. The van der Waals surface area contributed by atoms with E-state index in [2.05, 4.69) is 4.74 Å². The van der Waals surface area contributed by atoms with Crippen molar-refractivity contribution in [2.24, 2.45) is 0 Å². The first-order chi connectivity index (χ1) is 9.38. The van der Waals surface area contributed by atoms with Crippen LogP contribution in [0.15, 0.2) is 35.2 Å². The molecule has 0 saturated heterocycles.